The first kappa shape index (κ1) is 15.4. The van der Waals surface area contributed by atoms with Gasteiger partial charge in [0.05, 0.1) is 6.42 Å². The monoisotopic (exact) mass is 305 g/mol. The summed E-state index contributed by atoms with van der Waals surface area (Å²) >= 11 is 5.31. The topological polar surface area (TPSA) is 59.4 Å². The van der Waals surface area contributed by atoms with E-state index in [0.717, 1.165) is 0 Å². The van der Waals surface area contributed by atoms with E-state index in [0.29, 0.717) is 6.07 Å². The largest absolute Gasteiger partial charge is 0.573 e. The summed E-state index contributed by atoms with van der Waals surface area (Å²) in [6.07, 6.45) is -9.22. The number of aromatic nitrogens is 1. The number of hydrogen-bond acceptors (Lipinski definition) is 3. The number of alkyl halides is 5. The number of hydrogen-bond donors (Lipinski definition) is 1. The number of rotatable bonds is 4. The second-order valence-electron chi connectivity index (χ2n) is 3.25. The number of carboxylic acid groups (broad SMARTS) is 1. The van der Waals surface area contributed by atoms with Crippen molar-refractivity contribution in [3.63, 3.8) is 0 Å². The zero-order valence-electron chi connectivity index (χ0n) is 8.84. The van der Waals surface area contributed by atoms with Crippen molar-refractivity contribution in [2.45, 2.75) is 19.2 Å². The lowest BCUT2D eigenvalue weighted by molar-refractivity contribution is -0.275. The van der Waals surface area contributed by atoms with Crippen molar-refractivity contribution < 1.29 is 36.6 Å². The number of halogens is 6. The fourth-order valence-electron chi connectivity index (χ4n) is 1.20. The molecule has 0 fully saturated rings. The fraction of sp³-hybridized carbons (Fsp3) is 0.333. The zero-order valence-corrected chi connectivity index (χ0v) is 9.60. The van der Waals surface area contributed by atoms with E-state index in [4.69, 9.17) is 16.7 Å². The Morgan fingerprint density at radius 2 is 2.05 bits per heavy atom. The minimum atomic E-state index is -5.15. The first-order chi connectivity index (χ1) is 8.60. The summed E-state index contributed by atoms with van der Waals surface area (Å²) < 4.78 is 64.6. The third-order valence-corrected chi connectivity index (χ3v) is 2.07. The highest BCUT2D eigenvalue weighted by molar-refractivity contribution is 6.31. The maximum absolute atomic E-state index is 12.4. The van der Waals surface area contributed by atoms with Crippen LogP contribution in [-0.4, -0.2) is 22.4 Å². The summed E-state index contributed by atoms with van der Waals surface area (Å²) in [5.41, 5.74) is -1.57. The van der Waals surface area contributed by atoms with Crippen molar-refractivity contribution in [2.75, 3.05) is 0 Å². The molecule has 1 aromatic rings. The average Bonchev–Trinajstić information content (AvgIpc) is 2.20. The first-order valence-electron chi connectivity index (χ1n) is 4.55. The Labute approximate surface area is 107 Å². The highest BCUT2D eigenvalue weighted by Gasteiger charge is 2.34. The zero-order chi connectivity index (χ0) is 14.8. The molecule has 0 aliphatic rings. The number of carbonyl (C=O) groups is 1. The molecule has 4 nitrogen and oxygen atoms in total. The van der Waals surface area contributed by atoms with Crippen LogP contribution in [-0.2, 0) is 11.2 Å². The molecule has 0 aromatic carbocycles. The standard InChI is InChI=1S/C9H5ClF5NO3/c10-7-6(19-9(13,14)15)3(2-5(17)18)1-4(16-7)8(11)12/h1,8H,2H2,(H,17,18). The molecule has 0 radical (unpaired) electrons. The van der Waals surface area contributed by atoms with E-state index in [1.807, 2.05) is 0 Å². The molecule has 0 saturated heterocycles. The van der Waals surface area contributed by atoms with Gasteiger partial charge in [0.1, 0.15) is 5.69 Å². The van der Waals surface area contributed by atoms with Crippen LogP contribution in [0.4, 0.5) is 22.0 Å². The van der Waals surface area contributed by atoms with Crippen molar-refractivity contribution in [1.29, 1.82) is 0 Å². The van der Waals surface area contributed by atoms with Gasteiger partial charge in [-0.2, -0.15) is 0 Å². The maximum atomic E-state index is 12.4. The number of pyridine rings is 1. The van der Waals surface area contributed by atoms with Gasteiger partial charge in [0.2, 0.25) is 0 Å². The van der Waals surface area contributed by atoms with E-state index < -0.39 is 47.3 Å². The Hall–Kier alpha value is -1.64. The molecular weight excluding hydrogens is 301 g/mol. The SMILES string of the molecule is O=C(O)Cc1cc(C(F)F)nc(Cl)c1OC(F)(F)F. The lowest BCUT2D eigenvalue weighted by Gasteiger charge is -2.14. The van der Waals surface area contributed by atoms with E-state index in [-0.39, 0.29) is 0 Å². The molecule has 1 N–H and O–H groups in total. The molecule has 1 aromatic heterocycles. The predicted octanol–water partition coefficient (Wildman–Crippen LogP) is 3.20. The van der Waals surface area contributed by atoms with Crippen LogP contribution >= 0.6 is 11.6 Å². The summed E-state index contributed by atoms with van der Waals surface area (Å²) in [6.45, 7) is 0. The highest BCUT2D eigenvalue weighted by Crippen LogP contribution is 2.35. The summed E-state index contributed by atoms with van der Waals surface area (Å²) in [5.74, 6) is -2.63. The molecule has 106 valence electrons. The van der Waals surface area contributed by atoms with Crippen LogP contribution in [0.1, 0.15) is 17.7 Å². The van der Waals surface area contributed by atoms with Gasteiger partial charge in [0.15, 0.2) is 10.9 Å². The Morgan fingerprint density at radius 3 is 2.47 bits per heavy atom. The van der Waals surface area contributed by atoms with Gasteiger partial charge in [0.25, 0.3) is 6.43 Å². The van der Waals surface area contributed by atoms with Crippen molar-refractivity contribution in [3.05, 3.63) is 22.5 Å². The van der Waals surface area contributed by atoms with Gasteiger partial charge in [-0.3, -0.25) is 4.79 Å². The average molecular weight is 306 g/mol. The molecule has 0 saturated carbocycles. The third kappa shape index (κ3) is 4.51. The normalized spacial score (nSPS) is 11.7. The van der Waals surface area contributed by atoms with E-state index in [1.165, 1.54) is 0 Å². The van der Waals surface area contributed by atoms with Crippen molar-refractivity contribution >= 4 is 17.6 Å². The van der Waals surface area contributed by atoms with E-state index >= 15 is 0 Å². The minimum absolute atomic E-state index is 0.506. The summed E-state index contributed by atoms with van der Waals surface area (Å²) in [5, 5.41) is 7.54. The fourth-order valence-corrected chi connectivity index (χ4v) is 1.46. The van der Waals surface area contributed by atoms with E-state index in [2.05, 4.69) is 9.72 Å². The second-order valence-corrected chi connectivity index (χ2v) is 3.60. The summed E-state index contributed by atoms with van der Waals surface area (Å²) in [6, 6.07) is 0.506. The highest BCUT2D eigenvalue weighted by atomic mass is 35.5. The van der Waals surface area contributed by atoms with Gasteiger partial charge in [-0.1, -0.05) is 11.6 Å². The molecule has 0 unspecified atom stereocenters. The van der Waals surface area contributed by atoms with Crippen LogP contribution in [0.25, 0.3) is 0 Å². The maximum Gasteiger partial charge on any atom is 0.573 e. The smallest absolute Gasteiger partial charge is 0.481 e. The van der Waals surface area contributed by atoms with Crippen LogP contribution in [0.15, 0.2) is 6.07 Å². The van der Waals surface area contributed by atoms with E-state index in [9.17, 15) is 26.7 Å². The third-order valence-electron chi connectivity index (χ3n) is 1.81. The van der Waals surface area contributed by atoms with Gasteiger partial charge in [-0.25, -0.2) is 13.8 Å². The van der Waals surface area contributed by atoms with Crippen LogP contribution in [0.5, 0.6) is 5.75 Å². The second kappa shape index (κ2) is 5.55. The van der Waals surface area contributed by atoms with Crippen molar-refractivity contribution in [1.82, 2.24) is 4.98 Å². The van der Waals surface area contributed by atoms with Crippen LogP contribution in [0, 0.1) is 0 Å². The number of nitrogens with zero attached hydrogens (tertiary/aromatic N) is 1. The Balaban J connectivity index is 3.30. The van der Waals surface area contributed by atoms with Crippen LogP contribution in [0.3, 0.4) is 0 Å². The Morgan fingerprint density at radius 1 is 1.47 bits per heavy atom. The van der Waals surface area contributed by atoms with Crippen LogP contribution < -0.4 is 4.74 Å². The molecule has 0 atom stereocenters. The summed E-state index contributed by atoms with van der Waals surface area (Å²) in [4.78, 5) is 13.5. The molecule has 0 aliphatic carbocycles. The number of carboxylic acids is 1. The van der Waals surface area contributed by atoms with Crippen molar-refractivity contribution in [2.24, 2.45) is 0 Å². The predicted molar refractivity (Wildman–Crippen MR) is 52.2 cm³/mol. The first-order valence-corrected chi connectivity index (χ1v) is 4.93. The van der Waals surface area contributed by atoms with Gasteiger partial charge in [-0.15, -0.1) is 13.2 Å². The molecule has 0 spiro atoms. The molecular formula is C9H5ClF5NO3. The molecule has 1 rings (SSSR count). The molecule has 19 heavy (non-hydrogen) atoms. The Kier molecular flexibility index (Phi) is 4.51. The van der Waals surface area contributed by atoms with Gasteiger partial charge in [-0.05, 0) is 6.07 Å². The van der Waals surface area contributed by atoms with E-state index in [1.54, 1.807) is 0 Å². The number of aliphatic carboxylic acids is 1. The molecule has 0 amide bonds. The molecule has 0 aliphatic heterocycles. The minimum Gasteiger partial charge on any atom is -0.481 e. The molecule has 1 heterocycles. The van der Waals surface area contributed by atoms with Crippen molar-refractivity contribution in [3.8, 4) is 5.75 Å². The quantitative estimate of drug-likeness (QED) is 0.685. The van der Waals surface area contributed by atoms with Crippen LogP contribution in [0.2, 0.25) is 5.15 Å². The summed E-state index contributed by atoms with van der Waals surface area (Å²) in [7, 11) is 0. The molecule has 10 heteroatoms. The lowest BCUT2D eigenvalue weighted by atomic mass is 10.1. The van der Waals surface area contributed by atoms with Gasteiger partial charge < -0.3 is 9.84 Å². The van der Waals surface area contributed by atoms with Gasteiger partial charge >= 0.3 is 12.3 Å². The molecule has 0 bridgehead atoms. The number of ether oxygens (including phenoxy) is 1. The van der Waals surface area contributed by atoms with Gasteiger partial charge in [0, 0.05) is 5.56 Å². The lowest BCUT2D eigenvalue weighted by Crippen LogP contribution is -2.19. The Bertz CT molecular complexity index is 491.